The van der Waals surface area contributed by atoms with E-state index in [0.29, 0.717) is 6.04 Å². The molecule has 1 N–H and O–H groups in total. The van der Waals surface area contributed by atoms with Crippen LogP contribution in [0.25, 0.3) is 0 Å². The molecule has 0 saturated heterocycles. The minimum Gasteiger partial charge on any atom is -0.314 e. The van der Waals surface area contributed by atoms with Crippen molar-refractivity contribution in [3.63, 3.8) is 0 Å². The zero-order valence-electron chi connectivity index (χ0n) is 11.7. The van der Waals surface area contributed by atoms with Gasteiger partial charge in [0.15, 0.2) is 0 Å². The number of hydrogen-bond donors (Lipinski definition) is 1. The highest BCUT2D eigenvalue weighted by atomic mass is 15.3. The number of nitrogens with one attached hydrogen (secondary N) is 1. The molecule has 102 valence electrons. The Morgan fingerprint density at radius 2 is 1.89 bits per heavy atom. The van der Waals surface area contributed by atoms with E-state index in [1.807, 2.05) is 23.3 Å². The molecule has 0 amide bonds. The van der Waals surface area contributed by atoms with E-state index >= 15 is 0 Å². The molecule has 4 nitrogen and oxygen atoms in total. The van der Waals surface area contributed by atoms with Crippen molar-refractivity contribution in [3.05, 3.63) is 48.0 Å². The fraction of sp³-hybridized carbons (Fsp3) is 0.467. The average molecular weight is 258 g/mol. The molecule has 2 heterocycles. The number of aryl methyl sites for hydroxylation is 1. The summed E-state index contributed by atoms with van der Waals surface area (Å²) in [4.78, 5) is 4.06. The summed E-state index contributed by atoms with van der Waals surface area (Å²) in [7, 11) is 0. The summed E-state index contributed by atoms with van der Waals surface area (Å²) >= 11 is 0. The summed E-state index contributed by atoms with van der Waals surface area (Å²) in [6, 6.07) is 4.61. The first kappa shape index (κ1) is 13.7. The van der Waals surface area contributed by atoms with Crippen LogP contribution in [-0.2, 0) is 19.4 Å². The lowest BCUT2D eigenvalue weighted by Crippen LogP contribution is -2.32. The van der Waals surface area contributed by atoms with Gasteiger partial charge in [0.05, 0.1) is 6.20 Å². The molecular weight excluding hydrogens is 236 g/mol. The van der Waals surface area contributed by atoms with Crippen molar-refractivity contribution in [1.82, 2.24) is 20.1 Å². The monoisotopic (exact) mass is 258 g/mol. The zero-order chi connectivity index (χ0) is 13.5. The predicted molar refractivity (Wildman–Crippen MR) is 77.0 cm³/mol. The maximum Gasteiger partial charge on any atom is 0.0522 e. The van der Waals surface area contributed by atoms with Gasteiger partial charge in [0, 0.05) is 31.2 Å². The highest BCUT2D eigenvalue weighted by molar-refractivity contribution is 5.14. The van der Waals surface area contributed by atoms with Crippen LogP contribution in [0.4, 0.5) is 0 Å². The van der Waals surface area contributed by atoms with Gasteiger partial charge in [-0.15, -0.1) is 0 Å². The van der Waals surface area contributed by atoms with Crippen molar-refractivity contribution < 1.29 is 0 Å². The van der Waals surface area contributed by atoms with Crippen LogP contribution in [0.15, 0.2) is 36.9 Å². The largest absolute Gasteiger partial charge is 0.314 e. The van der Waals surface area contributed by atoms with Gasteiger partial charge in [-0.05, 0) is 49.6 Å². The van der Waals surface area contributed by atoms with Crippen molar-refractivity contribution >= 4 is 0 Å². The molecule has 19 heavy (non-hydrogen) atoms. The van der Waals surface area contributed by atoms with E-state index in [4.69, 9.17) is 0 Å². The van der Waals surface area contributed by atoms with E-state index in [0.717, 1.165) is 25.9 Å². The average Bonchev–Trinajstić information content (AvgIpc) is 2.88. The van der Waals surface area contributed by atoms with Crippen molar-refractivity contribution in [1.29, 1.82) is 0 Å². The van der Waals surface area contributed by atoms with E-state index in [9.17, 15) is 0 Å². The summed E-state index contributed by atoms with van der Waals surface area (Å²) < 4.78 is 1.98. The van der Waals surface area contributed by atoms with Crippen LogP contribution >= 0.6 is 0 Å². The first-order chi connectivity index (χ1) is 9.31. The predicted octanol–water partition coefficient (Wildman–Crippen LogP) is 2.06. The first-order valence-corrected chi connectivity index (χ1v) is 6.95. The Kier molecular flexibility index (Phi) is 5.10. The van der Waals surface area contributed by atoms with Crippen LogP contribution in [-0.4, -0.2) is 27.4 Å². The van der Waals surface area contributed by atoms with E-state index in [2.05, 4.69) is 47.6 Å². The van der Waals surface area contributed by atoms with Crippen LogP contribution in [0.3, 0.4) is 0 Å². The van der Waals surface area contributed by atoms with Gasteiger partial charge in [-0.25, -0.2) is 0 Å². The fourth-order valence-electron chi connectivity index (χ4n) is 2.28. The van der Waals surface area contributed by atoms with Gasteiger partial charge < -0.3 is 5.32 Å². The molecule has 2 rings (SSSR count). The van der Waals surface area contributed by atoms with Gasteiger partial charge in [0.1, 0.15) is 0 Å². The fourth-order valence-corrected chi connectivity index (χ4v) is 2.28. The van der Waals surface area contributed by atoms with Crippen molar-refractivity contribution in [2.45, 2.75) is 39.3 Å². The third-order valence-corrected chi connectivity index (χ3v) is 3.22. The van der Waals surface area contributed by atoms with Crippen LogP contribution in [0.1, 0.15) is 25.0 Å². The van der Waals surface area contributed by atoms with Gasteiger partial charge in [-0.2, -0.15) is 5.10 Å². The first-order valence-electron chi connectivity index (χ1n) is 6.95. The van der Waals surface area contributed by atoms with Crippen LogP contribution < -0.4 is 5.32 Å². The number of nitrogens with zero attached hydrogens (tertiary/aromatic N) is 3. The number of likely N-dealkylation sites (N-methyl/N-ethyl adjacent to an activating group) is 1. The standard InChI is InChI=1S/C15H22N4/c1-3-17-15(9-13-5-7-16-8-6-13)10-14-11-18-19(4-2)12-14/h5-8,11-12,15,17H,3-4,9-10H2,1-2H3. The molecule has 4 heteroatoms. The number of aromatic nitrogens is 3. The van der Waals surface area contributed by atoms with Crippen molar-refractivity contribution in [2.24, 2.45) is 0 Å². The Morgan fingerprint density at radius 1 is 1.16 bits per heavy atom. The summed E-state index contributed by atoms with van der Waals surface area (Å²) in [6.07, 6.45) is 9.85. The van der Waals surface area contributed by atoms with E-state index < -0.39 is 0 Å². The molecule has 1 unspecified atom stereocenters. The van der Waals surface area contributed by atoms with Gasteiger partial charge >= 0.3 is 0 Å². The second-order valence-corrected chi connectivity index (χ2v) is 4.72. The van der Waals surface area contributed by atoms with E-state index in [1.54, 1.807) is 0 Å². The minimum absolute atomic E-state index is 0.446. The Balaban J connectivity index is 1.99. The number of pyridine rings is 1. The quantitative estimate of drug-likeness (QED) is 0.826. The molecule has 0 aromatic carbocycles. The summed E-state index contributed by atoms with van der Waals surface area (Å²) in [5.41, 5.74) is 2.62. The Bertz CT molecular complexity index is 478. The van der Waals surface area contributed by atoms with Crippen LogP contribution in [0, 0.1) is 0 Å². The Hall–Kier alpha value is -1.68. The lowest BCUT2D eigenvalue weighted by Gasteiger charge is -2.17. The molecular formula is C15H22N4. The highest BCUT2D eigenvalue weighted by Gasteiger charge is 2.10. The molecule has 2 aromatic rings. The lowest BCUT2D eigenvalue weighted by molar-refractivity contribution is 0.521. The van der Waals surface area contributed by atoms with Gasteiger partial charge in [-0.1, -0.05) is 6.92 Å². The minimum atomic E-state index is 0.446. The smallest absolute Gasteiger partial charge is 0.0522 e. The Labute approximate surface area is 114 Å². The maximum atomic E-state index is 4.33. The third-order valence-electron chi connectivity index (χ3n) is 3.22. The van der Waals surface area contributed by atoms with Gasteiger partial charge in [-0.3, -0.25) is 9.67 Å². The van der Waals surface area contributed by atoms with Crippen molar-refractivity contribution in [3.8, 4) is 0 Å². The molecule has 0 aliphatic rings. The number of hydrogen-bond acceptors (Lipinski definition) is 3. The van der Waals surface area contributed by atoms with Crippen LogP contribution in [0.2, 0.25) is 0 Å². The molecule has 0 aliphatic carbocycles. The van der Waals surface area contributed by atoms with Gasteiger partial charge in [0.2, 0.25) is 0 Å². The second kappa shape index (κ2) is 7.04. The lowest BCUT2D eigenvalue weighted by atomic mass is 10.0. The SMILES string of the molecule is CCNC(Cc1ccncc1)Cc1cnn(CC)c1. The summed E-state index contributed by atoms with van der Waals surface area (Å²) in [5.74, 6) is 0. The van der Waals surface area contributed by atoms with E-state index in [1.165, 1.54) is 11.1 Å². The molecule has 0 spiro atoms. The van der Waals surface area contributed by atoms with E-state index in [-0.39, 0.29) is 0 Å². The molecule has 0 radical (unpaired) electrons. The zero-order valence-corrected chi connectivity index (χ0v) is 11.7. The molecule has 0 aliphatic heterocycles. The molecule has 1 atom stereocenters. The molecule has 0 bridgehead atoms. The Morgan fingerprint density at radius 3 is 2.53 bits per heavy atom. The third kappa shape index (κ3) is 4.17. The highest BCUT2D eigenvalue weighted by Crippen LogP contribution is 2.08. The normalized spacial score (nSPS) is 12.5. The molecule has 0 fully saturated rings. The van der Waals surface area contributed by atoms with Crippen LogP contribution in [0.5, 0.6) is 0 Å². The summed E-state index contributed by atoms with van der Waals surface area (Å²) in [5, 5.41) is 7.88. The second-order valence-electron chi connectivity index (χ2n) is 4.72. The maximum absolute atomic E-state index is 4.33. The van der Waals surface area contributed by atoms with Crippen molar-refractivity contribution in [2.75, 3.05) is 6.54 Å². The topological polar surface area (TPSA) is 42.7 Å². The summed E-state index contributed by atoms with van der Waals surface area (Å²) in [6.45, 7) is 6.17. The van der Waals surface area contributed by atoms with Gasteiger partial charge in [0.25, 0.3) is 0 Å². The molecule has 0 saturated carbocycles. The number of rotatable bonds is 7. The molecule has 2 aromatic heterocycles.